The van der Waals surface area contributed by atoms with Gasteiger partial charge < -0.3 is 11.1 Å². The van der Waals surface area contributed by atoms with Crippen LogP contribution in [0.1, 0.15) is 37.9 Å². The van der Waals surface area contributed by atoms with Gasteiger partial charge >= 0.3 is 0 Å². The summed E-state index contributed by atoms with van der Waals surface area (Å²) in [5.41, 5.74) is 7.47. The van der Waals surface area contributed by atoms with E-state index in [1.165, 1.54) is 5.56 Å². The number of primary amides is 1. The fraction of sp³-hybridized carbons (Fsp3) is 0.529. The van der Waals surface area contributed by atoms with Gasteiger partial charge in [-0.2, -0.15) is 0 Å². The summed E-state index contributed by atoms with van der Waals surface area (Å²) in [6, 6.07) is 8.25. The molecule has 1 aromatic carbocycles. The predicted octanol–water partition coefficient (Wildman–Crippen LogP) is 1.48. The van der Waals surface area contributed by atoms with Gasteiger partial charge in [-0.3, -0.25) is 14.5 Å². The molecule has 5 nitrogen and oxygen atoms in total. The molecule has 0 aliphatic rings. The molecule has 0 aliphatic carbocycles. The lowest BCUT2D eigenvalue weighted by Gasteiger charge is -2.18. The number of hydrogen-bond acceptors (Lipinski definition) is 3. The van der Waals surface area contributed by atoms with Crippen molar-refractivity contribution in [2.45, 2.75) is 33.2 Å². The second-order valence-electron chi connectivity index (χ2n) is 6.27. The Bertz CT molecular complexity index is 497. The highest BCUT2D eigenvalue weighted by molar-refractivity contribution is 5.80. The van der Waals surface area contributed by atoms with Gasteiger partial charge in [-0.15, -0.1) is 0 Å². The fourth-order valence-electron chi connectivity index (χ4n) is 2.35. The lowest BCUT2D eigenvalue weighted by Crippen LogP contribution is -2.39. The molecule has 5 heteroatoms. The Morgan fingerprint density at radius 3 is 2.23 bits per heavy atom. The summed E-state index contributed by atoms with van der Waals surface area (Å²) in [7, 11) is 1.69. The molecule has 0 saturated heterocycles. The third-order valence-electron chi connectivity index (χ3n) is 3.34. The van der Waals surface area contributed by atoms with E-state index in [9.17, 15) is 9.59 Å². The predicted molar refractivity (Wildman–Crippen MR) is 88.2 cm³/mol. The summed E-state index contributed by atoms with van der Waals surface area (Å²) in [5.74, 6) is 0.0652. The number of carbonyl (C=O) groups excluding carboxylic acids is 2. The van der Waals surface area contributed by atoms with Crippen molar-refractivity contribution in [3.63, 3.8) is 0 Å². The largest absolute Gasteiger partial charge is 0.369 e. The van der Waals surface area contributed by atoms with Crippen LogP contribution < -0.4 is 11.1 Å². The summed E-state index contributed by atoms with van der Waals surface area (Å²) >= 11 is 0. The van der Waals surface area contributed by atoms with Crippen molar-refractivity contribution < 1.29 is 9.59 Å². The third kappa shape index (κ3) is 6.72. The Balaban J connectivity index is 2.52. The number of amides is 2. The van der Waals surface area contributed by atoms with Crippen LogP contribution in [0.25, 0.3) is 0 Å². The van der Waals surface area contributed by atoms with Crippen molar-refractivity contribution in [3.05, 3.63) is 35.4 Å². The highest BCUT2D eigenvalue weighted by Gasteiger charge is 2.12. The minimum atomic E-state index is -0.441. The van der Waals surface area contributed by atoms with Crippen LogP contribution in [-0.2, 0) is 16.0 Å². The third-order valence-corrected chi connectivity index (χ3v) is 3.34. The van der Waals surface area contributed by atoms with E-state index in [1.54, 1.807) is 11.9 Å². The average molecular weight is 305 g/mol. The molecule has 22 heavy (non-hydrogen) atoms. The van der Waals surface area contributed by atoms with Crippen LogP contribution in [0.5, 0.6) is 0 Å². The first-order valence-electron chi connectivity index (χ1n) is 7.63. The molecule has 122 valence electrons. The SMILES string of the molecule is CC(C)Cc1ccc(C(C)NC(=O)CN(C)CC(N)=O)cc1. The van der Waals surface area contributed by atoms with Crippen LogP contribution >= 0.6 is 0 Å². The Hall–Kier alpha value is -1.88. The first-order valence-corrected chi connectivity index (χ1v) is 7.63. The zero-order valence-electron chi connectivity index (χ0n) is 13.9. The number of nitrogens with two attached hydrogens (primary N) is 1. The molecule has 0 aliphatic heterocycles. The molecule has 0 fully saturated rings. The first-order chi connectivity index (χ1) is 10.3. The maximum absolute atomic E-state index is 11.9. The van der Waals surface area contributed by atoms with Crippen molar-refractivity contribution in [2.75, 3.05) is 20.1 Å². The minimum absolute atomic E-state index is 0.0671. The van der Waals surface area contributed by atoms with Gasteiger partial charge in [0, 0.05) is 0 Å². The zero-order chi connectivity index (χ0) is 16.7. The van der Waals surface area contributed by atoms with E-state index in [0.29, 0.717) is 5.92 Å². The second-order valence-corrected chi connectivity index (χ2v) is 6.27. The molecule has 1 atom stereocenters. The van der Waals surface area contributed by atoms with Gasteiger partial charge in [0.05, 0.1) is 19.1 Å². The Morgan fingerprint density at radius 2 is 1.73 bits per heavy atom. The van der Waals surface area contributed by atoms with Crippen molar-refractivity contribution in [2.24, 2.45) is 11.7 Å². The molecule has 2 amide bonds. The maximum atomic E-state index is 11.9. The van der Waals surface area contributed by atoms with Crippen LogP contribution in [0.3, 0.4) is 0 Å². The second kappa shape index (κ2) is 8.54. The normalized spacial score (nSPS) is 12.5. The molecule has 0 heterocycles. The molecular weight excluding hydrogens is 278 g/mol. The molecule has 1 aromatic rings. The van der Waals surface area contributed by atoms with E-state index in [0.717, 1.165) is 12.0 Å². The number of hydrogen-bond donors (Lipinski definition) is 2. The monoisotopic (exact) mass is 305 g/mol. The van der Waals surface area contributed by atoms with Crippen molar-refractivity contribution in [3.8, 4) is 0 Å². The number of nitrogens with zero attached hydrogens (tertiary/aromatic N) is 1. The van der Waals surface area contributed by atoms with Gasteiger partial charge in [0.2, 0.25) is 11.8 Å². The average Bonchev–Trinajstić information content (AvgIpc) is 2.37. The topological polar surface area (TPSA) is 75.4 Å². The van der Waals surface area contributed by atoms with E-state index in [4.69, 9.17) is 5.73 Å². The van der Waals surface area contributed by atoms with Gasteiger partial charge in [0.15, 0.2) is 0 Å². The summed E-state index contributed by atoms with van der Waals surface area (Å²) in [6.45, 7) is 6.56. The Morgan fingerprint density at radius 1 is 1.14 bits per heavy atom. The fourth-order valence-corrected chi connectivity index (χ4v) is 2.35. The number of benzene rings is 1. The van der Waals surface area contributed by atoms with Gasteiger partial charge in [-0.25, -0.2) is 0 Å². The van der Waals surface area contributed by atoms with Gasteiger partial charge in [0.1, 0.15) is 0 Å². The number of likely N-dealkylation sites (N-methyl/N-ethyl adjacent to an activating group) is 1. The molecule has 1 unspecified atom stereocenters. The van der Waals surface area contributed by atoms with Crippen molar-refractivity contribution in [1.82, 2.24) is 10.2 Å². The highest BCUT2D eigenvalue weighted by Crippen LogP contribution is 2.15. The molecule has 0 aromatic heterocycles. The summed E-state index contributed by atoms with van der Waals surface area (Å²) in [6.07, 6.45) is 1.05. The van der Waals surface area contributed by atoms with Gasteiger partial charge in [0.25, 0.3) is 0 Å². The quantitative estimate of drug-likeness (QED) is 0.764. The molecular formula is C17H27N3O2. The number of rotatable bonds is 8. The van der Waals surface area contributed by atoms with Crippen LogP contribution in [-0.4, -0.2) is 36.9 Å². The van der Waals surface area contributed by atoms with E-state index in [1.807, 2.05) is 6.92 Å². The zero-order valence-corrected chi connectivity index (χ0v) is 13.9. The first kappa shape index (κ1) is 18.2. The molecule has 0 radical (unpaired) electrons. The minimum Gasteiger partial charge on any atom is -0.369 e. The van der Waals surface area contributed by atoms with Gasteiger partial charge in [-0.05, 0) is 37.4 Å². The molecule has 0 spiro atoms. The van der Waals surface area contributed by atoms with Crippen molar-refractivity contribution >= 4 is 11.8 Å². The summed E-state index contributed by atoms with van der Waals surface area (Å²) < 4.78 is 0. The molecule has 1 rings (SSSR count). The van der Waals surface area contributed by atoms with E-state index < -0.39 is 5.91 Å². The van der Waals surface area contributed by atoms with E-state index >= 15 is 0 Å². The van der Waals surface area contributed by atoms with Crippen LogP contribution in [0.15, 0.2) is 24.3 Å². The van der Waals surface area contributed by atoms with E-state index in [-0.39, 0.29) is 25.0 Å². The molecule has 3 N–H and O–H groups in total. The Kier molecular flexibility index (Phi) is 7.05. The van der Waals surface area contributed by atoms with Crippen molar-refractivity contribution in [1.29, 1.82) is 0 Å². The standard InChI is InChI=1S/C17H27N3O2/c1-12(2)9-14-5-7-15(8-6-14)13(3)19-17(22)11-20(4)10-16(18)21/h5-8,12-13H,9-11H2,1-4H3,(H2,18,21)(H,19,22). The lowest BCUT2D eigenvalue weighted by molar-refractivity contribution is -0.123. The molecule has 0 bridgehead atoms. The van der Waals surface area contributed by atoms with E-state index in [2.05, 4.69) is 43.4 Å². The van der Waals surface area contributed by atoms with Gasteiger partial charge in [-0.1, -0.05) is 38.1 Å². The van der Waals surface area contributed by atoms with Crippen LogP contribution in [0, 0.1) is 5.92 Å². The number of carbonyl (C=O) groups is 2. The highest BCUT2D eigenvalue weighted by atomic mass is 16.2. The van der Waals surface area contributed by atoms with Crippen LogP contribution in [0.4, 0.5) is 0 Å². The number of nitrogens with one attached hydrogen (secondary N) is 1. The summed E-state index contributed by atoms with van der Waals surface area (Å²) in [4.78, 5) is 24.3. The Labute approximate surface area is 132 Å². The molecule has 0 saturated carbocycles. The summed E-state index contributed by atoms with van der Waals surface area (Å²) in [5, 5.41) is 2.93. The lowest BCUT2D eigenvalue weighted by atomic mass is 10.00. The van der Waals surface area contributed by atoms with Crippen LogP contribution in [0.2, 0.25) is 0 Å². The smallest absolute Gasteiger partial charge is 0.234 e. The maximum Gasteiger partial charge on any atom is 0.234 e.